The van der Waals surface area contributed by atoms with Crippen molar-refractivity contribution in [3.05, 3.63) is 76.4 Å². The largest absolute Gasteiger partial charge is 0.507 e. The number of benzene rings is 2. The molecule has 0 saturated carbocycles. The second-order valence-corrected chi connectivity index (χ2v) is 8.33. The molecule has 0 bridgehead atoms. The Kier molecular flexibility index (Phi) is 6.70. The van der Waals surface area contributed by atoms with E-state index in [-0.39, 0.29) is 11.7 Å². The number of rotatable bonds is 8. The first-order valence-corrected chi connectivity index (χ1v) is 11.2. The van der Waals surface area contributed by atoms with Gasteiger partial charge in [-0.15, -0.1) is 0 Å². The number of halogens is 1. The number of phenols is 1. The van der Waals surface area contributed by atoms with Crippen LogP contribution in [0.5, 0.6) is 5.75 Å². The van der Waals surface area contributed by atoms with Crippen molar-refractivity contribution in [2.45, 2.75) is 19.8 Å². The molecule has 7 nitrogen and oxygen atoms in total. The first kappa shape index (κ1) is 21.8. The van der Waals surface area contributed by atoms with E-state index in [4.69, 9.17) is 0 Å². The zero-order valence-electron chi connectivity index (χ0n) is 17.7. The maximum absolute atomic E-state index is 12.3. The van der Waals surface area contributed by atoms with Gasteiger partial charge in [0.15, 0.2) is 5.65 Å². The number of hydrogen-bond acceptors (Lipinski definition) is 5. The molecule has 0 fully saturated rings. The van der Waals surface area contributed by atoms with Crippen LogP contribution in [0.15, 0.2) is 65.3 Å². The van der Waals surface area contributed by atoms with Gasteiger partial charge in [0.1, 0.15) is 11.6 Å². The Hall–Kier alpha value is -3.39. The number of nitrogens with one attached hydrogen (secondary N) is 2. The summed E-state index contributed by atoms with van der Waals surface area (Å²) >= 11 is 3.49. The van der Waals surface area contributed by atoms with Gasteiger partial charge in [-0.25, -0.2) is 4.98 Å². The lowest BCUT2D eigenvalue weighted by Gasteiger charge is -2.12. The molecule has 0 aliphatic carbocycles. The number of nitrogens with zero attached hydrogens (tertiary/aromatic N) is 3. The topological polar surface area (TPSA) is 91.5 Å². The molecule has 0 aliphatic rings. The molecule has 0 saturated heterocycles. The van der Waals surface area contributed by atoms with E-state index in [0.717, 1.165) is 28.7 Å². The highest BCUT2D eigenvalue weighted by Gasteiger charge is 2.13. The van der Waals surface area contributed by atoms with E-state index in [1.807, 2.05) is 49.4 Å². The van der Waals surface area contributed by atoms with Crippen molar-refractivity contribution >= 4 is 33.3 Å². The van der Waals surface area contributed by atoms with Gasteiger partial charge in [-0.2, -0.15) is 9.61 Å². The number of fused-ring (bicyclic) bond motifs is 1. The first-order valence-electron chi connectivity index (χ1n) is 10.4. The second kappa shape index (κ2) is 9.82. The van der Waals surface area contributed by atoms with Crippen LogP contribution < -0.4 is 10.6 Å². The third-order valence-corrected chi connectivity index (χ3v) is 5.75. The normalized spacial score (nSPS) is 10.9. The number of unbranched alkanes of at least 4 members (excludes halogenated alkanes) is 1. The van der Waals surface area contributed by atoms with E-state index in [9.17, 15) is 9.90 Å². The molecule has 0 spiro atoms. The molecule has 4 aromatic rings. The maximum atomic E-state index is 12.3. The van der Waals surface area contributed by atoms with E-state index in [1.165, 1.54) is 0 Å². The highest BCUT2D eigenvalue weighted by atomic mass is 79.9. The van der Waals surface area contributed by atoms with Crippen molar-refractivity contribution in [1.29, 1.82) is 0 Å². The van der Waals surface area contributed by atoms with E-state index in [1.54, 1.807) is 22.8 Å². The quantitative estimate of drug-likeness (QED) is 0.306. The standard InChI is InChI=1S/C24H24BrN5O2/c1-16-8-2-3-9-17(16)24(32)27-13-7-6-12-26-22-14-20(18-10-4-5-11-21(18)31)29-23-19(25)15-28-30(22)23/h2-5,8-11,14-15,26,31H,6-7,12-13H2,1H3,(H,27,32). The van der Waals surface area contributed by atoms with Crippen LogP contribution in [0, 0.1) is 6.92 Å². The summed E-state index contributed by atoms with van der Waals surface area (Å²) in [6.07, 6.45) is 3.41. The number of aryl methyl sites for hydroxylation is 1. The number of carbonyl (C=O) groups excluding carboxylic acids is 1. The van der Waals surface area contributed by atoms with Gasteiger partial charge >= 0.3 is 0 Å². The van der Waals surface area contributed by atoms with Crippen molar-refractivity contribution in [2.75, 3.05) is 18.4 Å². The van der Waals surface area contributed by atoms with Gasteiger partial charge < -0.3 is 15.7 Å². The number of amides is 1. The summed E-state index contributed by atoms with van der Waals surface area (Å²) in [5.74, 6) is 0.916. The third-order valence-electron chi connectivity index (χ3n) is 5.19. The molecule has 3 N–H and O–H groups in total. The SMILES string of the molecule is Cc1ccccc1C(=O)NCCCCNc1cc(-c2ccccc2O)nc2c(Br)cnn12. The van der Waals surface area contributed by atoms with E-state index >= 15 is 0 Å². The number of aromatic nitrogens is 3. The van der Waals surface area contributed by atoms with Gasteiger partial charge in [-0.3, -0.25) is 4.79 Å². The molecule has 0 unspecified atom stereocenters. The fraction of sp³-hybridized carbons (Fsp3) is 0.208. The zero-order valence-corrected chi connectivity index (χ0v) is 19.3. The first-order chi connectivity index (χ1) is 15.5. The predicted octanol–water partition coefficient (Wildman–Crippen LogP) is 4.79. The van der Waals surface area contributed by atoms with E-state index in [2.05, 4.69) is 36.6 Å². The molecule has 164 valence electrons. The Labute approximate surface area is 194 Å². The third kappa shape index (κ3) is 4.75. The molecule has 8 heteroatoms. The summed E-state index contributed by atoms with van der Waals surface area (Å²) in [6, 6.07) is 16.6. The minimum Gasteiger partial charge on any atom is -0.507 e. The van der Waals surface area contributed by atoms with E-state index < -0.39 is 0 Å². The van der Waals surface area contributed by atoms with Crippen LogP contribution in [0.4, 0.5) is 5.82 Å². The van der Waals surface area contributed by atoms with E-state index in [0.29, 0.717) is 35.6 Å². The molecule has 2 aromatic carbocycles. The fourth-order valence-corrected chi connectivity index (χ4v) is 3.83. The lowest BCUT2D eigenvalue weighted by atomic mass is 10.1. The van der Waals surface area contributed by atoms with Gasteiger partial charge in [-0.05, 0) is 59.5 Å². The minimum absolute atomic E-state index is 0.0411. The molecule has 32 heavy (non-hydrogen) atoms. The fourth-order valence-electron chi connectivity index (χ4n) is 3.48. The van der Waals surface area contributed by atoms with Crippen molar-refractivity contribution in [2.24, 2.45) is 0 Å². The molecule has 0 radical (unpaired) electrons. The summed E-state index contributed by atoms with van der Waals surface area (Å²) in [4.78, 5) is 16.9. The van der Waals surface area contributed by atoms with Crippen molar-refractivity contribution in [3.63, 3.8) is 0 Å². The minimum atomic E-state index is -0.0411. The van der Waals surface area contributed by atoms with Crippen molar-refractivity contribution in [1.82, 2.24) is 19.9 Å². The number of para-hydroxylation sites is 1. The van der Waals surface area contributed by atoms with Crippen LogP contribution in [0.3, 0.4) is 0 Å². The molecule has 0 atom stereocenters. The van der Waals surface area contributed by atoms with Crippen molar-refractivity contribution in [3.8, 4) is 17.0 Å². The molecule has 2 aromatic heterocycles. The van der Waals surface area contributed by atoms with Crippen LogP contribution in [-0.4, -0.2) is 38.7 Å². The van der Waals surface area contributed by atoms with Gasteiger partial charge in [0.05, 0.1) is 16.4 Å². The number of carbonyl (C=O) groups is 1. The maximum Gasteiger partial charge on any atom is 0.251 e. The highest BCUT2D eigenvalue weighted by molar-refractivity contribution is 9.10. The van der Waals surface area contributed by atoms with Crippen LogP contribution in [0.1, 0.15) is 28.8 Å². The van der Waals surface area contributed by atoms with Crippen LogP contribution in [-0.2, 0) is 0 Å². The summed E-state index contributed by atoms with van der Waals surface area (Å²) in [5, 5.41) is 21.0. The highest BCUT2D eigenvalue weighted by Crippen LogP contribution is 2.31. The van der Waals surface area contributed by atoms with Gasteiger partial charge in [0, 0.05) is 30.3 Å². The number of anilines is 1. The molecule has 4 rings (SSSR count). The van der Waals surface area contributed by atoms with Crippen LogP contribution in [0.25, 0.3) is 16.9 Å². The monoisotopic (exact) mass is 493 g/mol. The number of aromatic hydroxyl groups is 1. The summed E-state index contributed by atoms with van der Waals surface area (Å²) in [7, 11) is 0. The van der Waals surface area contributed by atoms with Crippen LogP contribution in [0.2, 0.25) is 0 Å². The summed E-state index contributed by atoms with van der Waals surface area (Å²) in [6.45, 7) is 3.25. The Morgan fingerprint density at radius 1 is 1.09 bits per heavy atom. The smallest absolute Gasteiger partial charge is 0.251 e. The second-order valence-electron chi connectivity index (χ2n) is 7.48. The average molecular weight is 494 g/mol. The summed E-state index contributed by atoms with van der Waals surface area (Å²) in [5.41, 5.74) is 3.67. The lowest BCUT2D eigenvalue weighted by Crippen LogP contribution is -2.25. The predicted molar refractivity (Wildman–Crippen MR) is 129 cm³/mol. The molecular weight excluding hydrogens is 470 g/mol. The molecule has 1 amide bonds. The summed E-state index contributed by atoms with van der Waals surface area (Å²) < 4.78 is 2.50. The van der Waals surface area contributed by atoms with Gasteiger partial charge in [0.25, 0.3) is 5.91 Å². The van der Waals surface area contributed by atoms with Crippen LogP contribution >= 0.6 is 15.9 Å². The number of phenolic OH excluding ortho intramolecular Hbond substituents is 1. The number of hydrogen-bond donors (Lipinski definition) is 3. The van der Waals surface area contributed by atoms with Gasteiger partial charge in [0.2, 0.25) is 0 Å². The Balaban J connectivity index is 1.38. The molecular formula is C24H24BrN5O2. The molecule has 2 heterocycles. The lowest BCUT2D eigenvalue weighted by molar-refractivity contribution is 0.0952. The van der Waals surface area contributed by atoms with Gasteiger partial charge in [-0.1, -0.05) is 30.3 Å². The Morgan fingerprint density at radius 3 is 2.66 bits per heavy atom. The Bertz CT molecular complexity index is 1250. The van der Waals surface area contributed by atoms with Crippen molar-refractivity contribution < 1.29 is 9.90 Å². The average Bonchev–Trinajstić information content (AvgIpc) is 3.17. The Morgan fingerprint density at radius 2 is 1.84 bits per heavy atom. The molecule has 0 aliphatic heterocycles. The zero-order chi connectivity index (χ0) is 22.5.